The Morgan fingerprint density at radius 2 is 1.83 bits per heavy atom. The Balaban J connectivity index is 0.00000142. The number of aryl methyl sites for hydroxylation is 1. The summed E-state index contributed by atoms with van der Waals surface area (Å²) in [5.41, 5.74) is 2.97. The number of ether oxygens (including phenoxy) is 2. The van der Waals surface area contributed by atoms with Gasteiger partial charge in [0.05, 0.1) is 18.2 Å². The number of methoxy groups -OCH3 is 1. The van der Waals surface area contributed by atoms with Gasteiger partial charge in [-0.05, 0) is 63.1 Å². The smallest absolute Gasteiger partial charge is 0.408 e. The van der Waals surface area contributed by atoms with Crippen LogP contribution in [0.25, 0.3) is 12.3 Å². The Hall–Kier alpha value is -3.06. The van der Waals surface area contributed by atoms with Gasteiger partial charge in [0.15, 0.2) is 0 Å². The summed E-state index contributed by atoms with van der Waals surface area (Å²) in [5, 5.41) is 5.02. The summed E-state index contributed by atoms with van der Waals surface area (Å²) in [6, 6.07) is 16.7. The van der Waals surface area contributed by atoms with Gasteiger partial charge < -0.3 is 14.8 Å². The highest BCUT2D eigenvalue weighted by atomic mass is 32.2. The van der Waals surface area contributed by atoms with E-state index in [0.29, 0.717) is 6.47 Å². The van der Waals surface area contributed by atoms with Crippen LogP contribution >= 0.6 is 11.8 Å². The average molecular weight is 499 g/mol. The number of benzene rings is 2. The van der Waals surface area contributed by atoms with E-state index in [9.17, 15) is 4.79 Å². The van der Waals surface area contributed by atoms with Gasteiger partial charge in [0.25, 0.3) is 6.47 Å². The van der Waals surface area contributed by atoms with E-state index in [-0.39, 0.29) is 11.5 Å². The Morgan fingerprint density at radius 1 is 1.17 bits per heavy atom. The zero-order chi connectivity index (χ0) is 26.3. The molecule has 1 N–H and O–H groups in total. The monoisotopic (exact) mass is 498 g/mol. The summed E-state index contributed by atoms with van der Waals surface area (Å²) in [7, 11) is 1.31. The predicted molar refractivity (Wildman–Crippen MR) is 147 cm³/mol. The maximum absolute atomic E-state index is 12.1. The molecule has 2 rings (SSSR count). The summed E-state index contributed by atoms with van der Waals surface area (Å²) in [6.07, 6.45) is 5.90. The van der Waals surface area contributed by atoms with E-state index in [0.717, 1.165) is 35.4 Å². The van der Waals surface area contributed by atoms with Crippen molar-refractivity contribution in [3.8, 4) is 0 Å². The lowest BCUT2D eigenvalue weighted by atomic mass is 10.0. The molecule has 0 saturated heterocycles. The molecule has 7 heteroatoms. The van der Waals surface area contributed by atoms with E-state index in [2.05, 4.69) is 52.0 Å². The van der Waals surface area contributed by atoms with Crippen molar-refractivity contribution < 1.29 is 19.1 Å². The van der Waals surface area contributed by atoms with Crippen LogP contribution in [-0.2, 0) is 27.1 Å². The second kappa shape index (κ2) is 15.8. The minimum Gasteiger partial charge on any atom is -0.471 e. The van der Waals surface area contributed by atoms with Gasteiger partial charge in [-0.2, -0.15) is 0 Å². The first-order chi connectivity index (χ1) is 16.6. The molecule has 0 radical (unpaired) electrons. The highest BCUT2D eigenvalue weighted by molar-refractivity contribution is 7.99. The van der Waals surface area contributed by atoms with Crippen LogP contribution in [0, 0.1) is 0 Å². The Labute approximate surface area is 213 Å². The molecule has 2 aromatic rings. The zero-order valence-corrected chi connectivity index (χ0v) is 22.5. The number of amides is 1. The third kappa shape index (κ3) is 12.3. The number of thioether (sulfide) groups is 1. The first-order valence-electron chi connectivity index (χ1n) is 11.5. The van der Waals surface area contributed by atoms with E-state index < -0.39 is 5.60 Å². The van der Waals surface area contributed by atoms with Gasteiger partial charge in [-0.15, -0.1) is 11.8 Å². The van der Waals surface area contributed by atoms with Crippen molar-refractivity contribution in [3.63, 3.8) is 0 Å². The van der Waals surface area contributed by atoms with Crippen LogP contribution in [-0.4, -0.2) is 43.1 Å². The number of aliphatic imine (C=N–C) groups is 1. The number of hydrogen-bond acceptors (Lipinski definition) is 6. The van der Waals surface area contributed by atoms with Crippen LogP contribution in [0.1, 0.15) is 45.2 Å². The van der Waals surface area contributed by atoms with Crippen molar-refractivity contribution in [2.24, 2.45) is 4.99 Å². The number of carbonyl (C=O) groups is 2. The number of nitrogens with zero attached hydrogens (tertiary/aromatic N) is 1. The van der Waals surface area contributed by atoms with Crippen molar-refractivity contribution in [1.29, 1.82) is 0 Å². The van der Waals surface area contributed by atoms with E-state index in [4.69, 9.17) is 9.53 Å². The molecule has 0 spiro atoms. The second-order valence-electron chi connectivity index (χ2n) is 8.73. The highest BCUT2D eigenvalue weighted by Gasteiger charge is 2.19. The van der Waals surface area contributed by atoms with E-state index in [1.807, 2.05) is 58.4 Å². The van der Waals surface area contributed by atoms with Gasteiger partial charge in [-0.3, -0.25) is 9.79 Å². The van der Waals surface area contributed by atoms with Crippen molar-refractivity contribution >= 4 is 42.8 Å². The standard InChI is InChI=1S/C26H34N2O2S.C2H4O2/c1-7-27-23(22-14-9-8-11-19(22)2)18-21-13-10-12-20(17-21)15-16-24(31-6)28-25(29)30-26(3,4)5;1-4-2-3/h7-14,17,24H,2,15-16,18H2,1,3-6H3,(H,28,29);2H,1H3/b23-22-,27-7?;. The molecule has 0 fully saturated rings. The van der Waals surface area contributed by atoms with Crippen LogP contribution in [0.15, 0.2) is 53.5 Å². The molecule has 0 heterocycles. The molecule has 0 saturated carbocycles. The van der Waals surface area contributed by atoms with Gasteiger partial charge >= 0.3 is 6.09 Å². The molecule has 2 aromatic carbocycles. The molecule has 0 aliphatic heterocycles. The van der Waals surface area contributed by atoms with Gasteiger partial charge in [0.1, 0.15) is 5.60 Å². The molecule has 35 heavy (non-hydrogen) atoms. The van der Waals surface area contributed by atoms with Crippen molar-refractivity contribution in [2.75, 3.05) is 13.4 Å². The molecule has 0 bridgehead atoms. The number of alkyl carbamates (subject to hydrolysis) is 1. The van der Waals surface area contributed by atoms with Gasteiger partial charge in [-0.1, -0.05) is 55.1 Å². The molecule has 1 amide bonds. The van der Waals surface area contributed by atoms with Crippen molar-refractivity contribution in [1.82, 2.24) is 5.32 Å². The number of hydrogen-bond donors (Lipinski definition) is 1. The molecule has 0 aliphatic rings. The van der Waals surface area contributed by atoms with Gasteiger partial charge in [0.2, 0.25) is 0 Å². The van der Waals surface area contributed by atoms with E-state index in [1.165, 1.54) is 18.2 Å². The Bertz CT molecular complexity index is 1080. The Morgan fingerprint density at radius 3 is 2.40 bits per heavy atom. The number of nitrogens with one attached hydrogen (secondary N) is 1. The third-order valence-electron chi connectivity index (χ3n) is 4.73. The zero-order valence-electron chi connectivity index (χ0n) is 21.7. The molecular formula is C28H38N2O4S. The fourth-order valence-corrected chi connectivity index (χ4v) is 3.81. The quantitative estimate of drug-likeness (QED) is 0.314. The van der Waals surface area contributed by atoms with Crippen molar-refractivity contribution in [3.05, 3.63) is 70.1 Å². The molecule has 0 aromatic heterocycles. The van der Waals surface area contributed by atoms with Gasteiger partial charge in [0, 0.05) is 17.9 Å². The van der Waals surface area contributed by atoms with Crippen LogP contribution in [0.5, 0.6) is 0 Å². The summed E-state index contributed by atoms with van der Waals surface area (Å²) in [5.74, 6) is 0. The number of carbonyl (C=O) groups excluding carboxylic acids is 2. The third-order valence-corrected chi connectivity index (χ3v) is 5.65. The van der Waals surface area contributed by atoms with Crippen molar-refractivity contribution in [2.45, 2.75) is 57.9 Å². The lowest BCUT2D eigenvalue weighted by molar-refractivity contribution is -0.126. The fourth-order valence-electron chi connectivity index (χ4n) is 3.24. The minimum atomic E-state index is -0.497. The fraction of sp³-hybridized carbons (Fsp3) is 0.393. The molecular weight excluding hydrogens is 460 g/mol. The minimum absolute atomic E-state index is 0.00311. The molecule has 190 valence electrons. The largest absolute Gasteiger partial charge is 0.471 e. The van der Waals surface area contributed by atoms with Crippen LogP contribution in [0.2, 0.25) is 0 Å². The lowest BCUT2D eigenvalue weighted by Crippen LogP contribution is -2.37. The maximum Gasteiger partial charge on any atom is 0.408 e. The molecule has 1 unspecified atom stereocenters. The van der Waals surface area contributed by atoms with E-state index >= 15 is 0 Å². The average Bonchev–Trinajstić information content (AvgIpc) is 2.81. The van der Waals surface area contributed by atoms with Gasteiger partial charge in [-0.25, -0.2) is 4.79 Å². The SMILES string of the molecule is C=c1cccc/c1=C(\Cc1cccc(CCC(NC(=O)OC(C)(C)C)SC)c1)N=CC.COC=O. The summed E-state index contributed by atoms with van der Waals surface area (Å²) < 4.78 is 9.24. The first kappa shape index (κ1) is 30.0. The lowest BCUT2D eigenvalue weighted by Gasteiger charge is -2.22. The van der Waals surface area contributed by atoms with Crippen LogP contribution in [0.4, 0.5) is 4.79 Å². The summed E-state index contributed by atoms with van der Waals surface area (Å²) in [4.78, 5) is 25.6. The molecule has 0 aliphatic carbocycles. The van der Waals surface area contributed by atoms with E-state index in [1.54, 1.807) is 11.8 Å². The maximum atomic E-state index is 12.1. The topological polar surface area (TPSA) is 77.0 Å². The normalized spacial score (nSPS) is 12.7. The Kier molecular flexibility index (Phi) is 13.5. The summed E-state index contributed by atoms with van der Waals surface area (Å²) in [6.45, 7) is 12.1. The summed E-state index contributed by atoms with van der Waals surface area (Å²) >= 11 is 1.62. The van der Waals surface area contributed by atoms with Crippen LogP contribution in [0.3, 0.4) is 0 Å². The predicted octanol–water partition coefficient (Wildman–Crippen LogP) is 4.47. The van der Waals surface area contributed by atoms with Crippen LogP contribution < -0.4 is 15.8 Å². The molecule has 6 nitrogen and oxygen atoms in total. The molecule has 1 atom stereocenters. The second-order valence-corrected chi connectivity index (χ2v) is 9.77. The number of rotatable bonds is 9. The first-order valence-corrected chi connectivity index (χ1v) is 12.7. The highest BCUT2D eigenvalue weighted by Crippen LogP contribution is 2.17.